The minimum atomic E-state index is -0.629. The molecule has 0 radical (unpaired) electrons. The average Bonchev–Trinajstić information content (AvgIpc) is 2.83. The molecule has 2 saturated carbocycles. The summed E-state index contributed by atoms with van der Waals surface area (Å²) >= 11 is 0. The normalized spacial score (nSPS) is 27.3. The molecule has 1 aromatic carbocycles. The summed E-state index contributed by atoms with van der Waals surface area (Å²) in [6.07, 6.45) is 22.3. The summed E-state index contributed by atoms with van der Waals surface area (Å²) in [5.41, 5.74) is 3.04. The molecular formula is C29H40FN. The lowest BCUT2D eigenvalue weighted by Gasteiger charge is -2.29. The Labute approximate surface area is 189 Å². The van der Waals surface area contributed by atoms with E-state index in [0.717, 1.165) is 24.2 Å². The lowest BCUT2D eigenvalue weighted by Crippen LogP contribution is -2.14. The van der Waals surface area contributed by atoms with Crippen LogP contribution in [0.2, 0.25) is 0 Å². The first-order valence-corrected chi connectivity index (χ1v) is 12.7. The molecule has 3 rings (SSSR count). The van der Waals surface area contributed by atoms with Crippen LogP contribution in [0.5, 0.6) is 0 Å². The topological polar surface area (TPSA) is 23.8 Å². The molecule has 0 aromatic heterocycles. The van der Waals surface area contributed by atoms with Crippen LogP contribution in [-0.4, -0.2) is 0 Å². The predicted octanol–water partition coefficient (Wildman–Crippen LogP) is 8.82. The second-order valence-corrected chi connectivity index (χ2v) is 9.86. The first-order valence-electron chi connectivity index (χ1n) is 12.7. The molecule has 168 valence electrons. The Morgan fingerprint density at radius 1 is 0.968 bits per heavy atom. The van der Waals surface area contributed by atoms with E-state index in [4.69, 9.17) is 5.26 Å². The summed E-state index contributed by atoms with van der Waals surface area (Å²) in [6.45, 7) is 2.26. The Morgan fingerprint density at radius 3 is 2.16 bits per heavy atom. The number of allylic oxidation sites excluding steroid dienone is 4. The smallest absolute Gasteiger partial charge is 0.195 e. The van der Waals surface area contributed by atoms with E-state index >= 15 is 0 Å². The largest absolute Gasteiger partial charge is 0.196 e. The van der Waals surface area contributed by atoms with Crippen LogP contribution in [0, 0.1) is 29.1 Å². The van der Waals surface area contributed by atoms with Gasteiger partial charge in [0.25, 0.3) is 0 Å². The van der Waals surface area contributed by atoms with Gasteiger partial charge in [-0.15, -0.1) is 0 Å². The number of nitrogens with zero attached hydrogens (tertiary/aromatic N) is 1. The van der Waals surface area contributed by atoms with Crippen molar-refractivity contribution in [3.8, 4) is 6.07 Å². The van der Waals surface area contributed by atoms with Crippen molar-refractivity contribution in [2.75, 3.05) is 0 Å². The lowest BCUT2D eigenvalue weighted by atomic mass is 9.76. The van der Waals surface area contributed by atoms with Gasteiger partial charge in [0.1, 0.15) is 6.07 Å². The molecule has 1 aromatic rings. The maximum atomic E-state index is 12.9. The molecule has 0 aliphatic heterocycles. The van der Waals surface area contributed by atoms with Gasteiger partial charge in [-0.2, -0.15) is 9.65 Å². The van der Waals surface area contributed by atoms with E-state index in [9.17, 15) is 4.39 Å². The molecule has 2 heteroatoms. The number of halogens is 1. The van der Waals surface area contributed by atoms with Crippen LogP contribution in [0.15, 0.2) is 48.3 Å². The summed E-state index contributed by atoms with van der Waals surface area (Å²) in [7, 11) is 0. The maximum absolute atomic E-state index is 12.9. The number of nitriles is 1. The molecule has 31 heavy (non-hydrogen) atoms. The highest BCUT2D eigenvalue weighted by Crippen LogP contribution is 2.38. The Kier molecular flexibility index (Phi) is 9.85. The minimum absolute atomic E-state index is 0.629. The van der Waals surface area contributed by atoms with Crippen LogP contribution < -0.4 is 0 Å². The van der Waals surface area contributed by atoms with Gasteiger partial charge in [0.2, 0.25) is 0 Å². The zero-order chi connectivity index (χ0) is 21.9. The van der Waals surface area contributed by atoms with E-state index < -0.39 is 5.83 Å². The van der Waals surface area contributed by atoms with Crippen molar-refractivity contribution in [2.24, 2.45) is 17.8 Å². The van der Waals surface area contributed by atoms with Crippen LogP contribution in [0.25, 0.3) is 0 Å². The molecule has 1 nitrogen and oxygen atoms in total. The van der Waals surface area contributed by atoms with Crippen molar-refractivity contribution >= 4 is 0 Å². The van der Waals surface area contributed by atoms with E-state index in [2.05, 4.69) is 43.3 Å². The molecule has 2 aliphatic rings. The standard InChI is InChI=1S/C29H40FN/c1-2-3-5-23-14-18-27(19-15-23)28-20-16-26(17-21-28)13-12-25-10-8-24(9-11-25)6-4-7-29(30)22-31/h7,12-15,18-19,24-26,28H,2-6,8-11,16-17,20-21H2,1H3/t24-,25-,26-,28-. The van der Waals surface area contributed by atoms with Crippen molar-refractivity contribution in [2.45, 2.75) is 96.3 Å². The summed E-state index contributed by atoms with van der Waals surface area (Å²) in [6, 6.07) is 11.0. The Balaban J connectivity index is 1.35. The third-order valence-electron chi connectivity index (χ3n) is 7.59. The van der Waals surface area contributed by atoms with Gasteiger partial charge in [-0.3, -0.25) is 0 Å². The molecule has 0 heterocycles. The van der Waals surface area contributed by atoms with Gasteiger partial charge < -0.3 is 0 Å². The first kappa shape index (κ1) is 23.8. The quantitative estimate of drug-likeness (QED) is 0.288. The van der Waals surface area contributed by atoms with Gasteiger partial charge in [-0.1, -0.05) is 49.8 Å². The highest BCUT2D eigenvalue weighted by molar-refractivity contribution is 5.26. The summed E-state index contributed by atoms with van der Waals surface area (Å²) in [5, 5.41) is 8.48. The van der Waals surface area contributed by atoms with Gasteiger partial charge in [0.05, 0.1) is 0 Å². The zero-order valence-corrected chi connectivity index (χ0v) is 19.4. The fourth-order valence-corrected chi connectivity index (χ4v) is 5.46. The van der Waals surface area contributed by atoms with Gasteiger partial charge in [-0.05, 0) is 118 Å². The SMILES string of the molecule is CCCCc1ccc([C@H]2CC[C@H](C=C[C@H]3CC[C@H](CCC=C(F)C#N)CC3)CC2)cc1. The molecule has 0 spiro atoms. The van der Waals surface area contributed by atoms with Crippen LogP contribution in [0.1, 0.15) is 101 Å². The van der Waals surface area contributed by atoms with Crippen LogP contribution in [-0.2, 0) is 6.42 Å². The van der Waals surface area contributed by atoms with Crippen molar-refractivity contribution in [3.05, 3.63) is 59.4 Å². The molecule has 0 amide bonds. The van der Waals surface area contributed by atoms with Gasteiger partial charge in [0.15, 0.2) is 5.83 Å². The molecular weight excluding hydrogens is 381 g/mol. The number of rotatable bonds is 9. The highest BCUT2D eigenvalue weighted by atomic mass is 19.1. The number of hydrogen-bond donors (Lipinski definition) is 0. The van der Waals surface area contributed by atoms with Crippen LogP contribution in [0.4, 0.5) is 4.39 Å². The molecule has 0 saturated heterocycles. The Bertz CT molecular complexity index is 738. The molecule has 2 fully saturated rings. The highest BCUT2D eigenvalue weighted by Gasteiger charge is 2.22. The molecule has 0 bridgehead atoms. The van der Waals surface area contributed by atoms with Gasteiger partial charge >= 0.3 is 0 Å². The van der Waals surface area contributed by atoms with Crippen molar-refractivity contribution in [1.29, 1.82) is 5.26 Å². The summed E-state index contributed by atoms with van der Waals surface area (Å²) < 4.78 is 12.9. The Morgan fingerprint density at radius 2 is 1.58 bits per heavy atom. The maximum Gasteiger partial charge on any atom is 0.196 e. The lowest BCUT2D eigenvalue weighted by molar-refractivity contribution is 0.295. The monoisotopic (exact) mass is 421 g/mol. The van der Waals surface area contributed by atoms with Crippen molar-refractivity contribution < 1.29 is 4.39 Å². The van der Waals surface area contributed by atoms with E-state index in [1.165, 1.54) is 82.3 Å². The predicted molar refractivity (Wildman–Crippen MR) is 128 cm³/mol. The van der Waals surface area contributed by atoms with Crippen LogP contribution >= 0.6 is 0 Å². The summed E-state index contributed by atoms with van der Waals surface area (Å²) in [5.74, 6) is 2.32. The molecule has 0 atom stereocenters. The third kappa shape index (κ3) is 7.95. The minimum Gasteiger partial charge on any atom is -0.195 e. The molecule has 0 N–H and O–H groups in total. The fraction of sp³-hybridized carbons (Fsp3) is 0.621. The number of hydrogen-bond acceptors (Lipinski definition) is 1. The van der Waals surface area contributed by atoms with E-state index in [0.29, 0.717) is 12.3 Å². The molecule has 2 aliphatic carbocycles. The van der Waals surface area contributed by atoms with Crippen LogP contribution in [0.3, 0.4) is 0 Å². The zero-order valence-electron chi connectivity index (χ0n) is 19.4. The fourth-order valence-electron chi connectivity index (χ4n) is 5.46. The van der Waals surface area contributed by atoms with Gasteiger partial charge in [-0.25, -0.2) is 0 Å². The number of benzene rings is 1. The second-order valence-electron chi connectivity index (χ2n) is 9.86. The van der Waals surface area contributed by atoms with Gasteiger partial charge in [0, 0.05) is 0 Å². The van der Waals surface area contributed by atoms with E-state index in [-0.39, 0.29) is 0 Å². The van der Waals surface area contributed by atoms with E-state index in [1.54, 1.807) is 11.6 Å². The number of aryl methyl sites for hydroxylation is 1. The molecule has 0 unspecified atom stereocenters. The first-order chi connectivity index (χ1) is 15.2. The average molecular weight is 422 g/mol. The van der Waals surface area contributed by atoms with Crippen molar-refractivity contribution in [3.63, 3.8) is 0 Å². The summed E-state index contributed by atoms with van der Waals surface area (Å²) in [4.78, 5) is 0. The van der Waals surface area contributed by atoms with Crippen molar-refractivity contribution in [1.82, 2.24) is 0 Å². The van der Waals surface area contributed by atoms with E-state index in [1.807, 2.05) is 0 Å². The number of unbranched alkanes of at least 4 members (excludes halogenated alkanes) is 1. The second kappa shape index (κ2) is 12.8. The Hall–Kier alpha value is -1.88. The third-order valence-corrected chi connectivity index (χ3v) is 7.59.